The molecular weight excluding hydrogens is 300 g/mol. The van der Waals surface area contributed by atoms with Crippen molar-refractivity contribution in [2.24, 2.45) is 0 Å². The average molecular weight is 325 g/mol. The van der Waals surface area contributed by atoms with Crippen LogP contribution in [-0.4, -0.2) is 50.4 Å². The van der Waals surface area contributed by atoms with E-state index in [4.69, 9.17) is 9.47 Å². The van der Waals surface area contributed by atoms with Crippen LogP contribution < -0.4 is 14.8 Å². The summed E-state index contributed by atoms with van der Waals surface area (Å²) in [6.07, 6.45) is 0.861. The number of nitrogens with zero attached hydrogens (tertiary/aromatic N) is 1. The van der Waals surface area contributed by atoms with E-state index in [0.29, 0.717) is 11.5 Å². The standard InChI is InChI=1S/C16H24N2O3S/c1-5-14-15(19)18(9-8-17-2)16(22-14)11-6-7-12(20-3)13(10-11)21-4/h6-7,10,14,16-17H,5,8-9H2,1-4H3/p+1/t14-,16-/m0/s1. The summed E-state index contributed by atoms with van der Waals surface area (Å²) in [5.74, 6) is 1.66. The molecule has 6 heteroatoms. The van der Waals surface area contributed by atoms with E-state index >= 15 is 0 Å². The number of benzene rings is 1. The molecule has 1 aromatic carbocycles. The third-order valence-electron chi connectivity index (χ3n) is 3.86. The maximum atomic E-state index is 12.5. The highest BCUT2D eigenvalue weighted by Crippen LogP contribution is 2.45. The Balaban J connectivity index is 2.29. The maximum absolute atomic E-state index is 12.5. The molecule has 0 radical (unpaired) electrons. The smallest absolute Gasteiger partial charge is 0.237 e. The summed E-state index contributed by atoms with van der Waals surface area (Å²) in [6.45, 7) is 3.74. The number of nitrogens with two attached hydrogens (primary N) is 1. The molecule has 1 fully saturated rings. The highest BCUT2D eigenvalue weighted by Gasteiger charge is 2.40. The Morgan fingerprint density at radius 3 is 2.59 bits per heavy atom. The molecule has 0 aliphatic carbocycles. The van der Waals surface area contributed by atoms with Gasteiger partial charge in [-0.1, -0.05) is 13.0 Å². The quantitative estimate of drug-likeness (QED) is 0.820. The van der Waals surface area contributed by atoms with Gasteiger partial charge in [-0.05, 0) is 24.1 Å². The van der Waals surface area contributed by atoms with Gasteiger partial charge >= 0.3 is 0 Å². The van der Waals surface area contributed by atoms with E-state index in [0.717, 1.165) is 25.1 Å². The summed E-state index contributed by atoms with van der Waals surface area (Å²) in [4.78, 5) is 14.5. The Kier molecular flexibility index (Phi) is 5.97. The zero-order chi connectivity index (χ0) is 16.1. The molecule has 1 aromatic rings. The van der Waals surface area contributed by atoms with Crippen LogP contribution in [0, 0.1) is 0 Å². The molecule has 0 aromatic heterocycles. The molecule has 1 saturated heterocycles. The van der Waals surface area contributed by atoms with Gasteiger partial charge in [-0.3, -0.25) is 4.79 Å². The van der Waals surface area contributed by atoms with Crippen molar-refractivity contribution in [3.05, 3.63) is 23.8 Å². The Morgan fingerprint density at radius 2 is 2.00 bits per heavy atom. The molecule has 2 atom stereocenters. The number of methoxy groups -OCH3 is 2. The van der Waals surface area contributed by atoms with Crippen molar-refractivity contribution < 1.29 is 19.6 Å². The second-order valence-corrected chi connectivity index (χ2v) is 6.52. The van der Waals surface area contributed by atoms with Crippen LogP contribution in [0.3, 0.4) is 0 Å². The van der Waals surface area contributed by atoms with Crippen molar-refractivity contribution in [1.29, 1.82) is 0 Å². The third kappa shape index (κ3) is 3.33. The van der Waals surface area contributed by atoms with Gasteiger partial charge < -0.3 is 19.7 Å². The molecule has 122 valence electrons. The lowest BCUT2D eigenvalue weighted by Crippen LogP contribution is -2.81. The third-order valence-corrected chi connectivity index (χ3v) is 5.50. The lowest BCUT2D eigenvalue weighted by Gasteiger charge is -2.24. The number of thioether (sulfide) groups is 1. The second kappa shape index (κ2) is 7.74. The van der Waals surface area contributed by atoms with Crippen molar-refractivity contribution in [3.8, 4) is 11.5 Å². The molecule has 1 aliphatic rings. The van der Waals surface area contributed by atoms with Crippen LogP contribution in [0.4, 0.5) is 0 Å². The lowest BCUT2D eigenvalue weighted by atomic mass is 10.1. The first-order chi connectivity index (χ1) is 10.7. The second-order valence-electron chi connectivity index (χ2n) is 5.23. The first kappa shape index (κ1) is 17.0. The van der Waals surface area contributed by atoms with Crippen LogP contribution in [0.2, 0.25) is 0 Å². The minimum atomic E-state index is 0.0509. The normalized spacial score (nSPS) is 21.3. The highest BCUT2D eigenvalue weighted by molar-refractivity contribution is 8.01. The van der Waals surface area contributed by atoms with E-state index in [2.05, 4.69) is 12.2 Å². The van der Waals surface area contributed by atoms with E-state index in [1.807, 2.05) is 30.1 Å². The van der Waals surface area contributed by atoms with Gasteiger partial charge in [0.25, 0.3) is 0 Å². The van der Waals surface area contributed by atoms with Crippen molar-refractivity contribution in [2.75, 3.05) is 34.4 Å². The maximum Gasteiger partial charge on any atom is 0.237 e. The summed E-state index contributed by atoms with van der Waals surface area (Å²) in [7, 11) is 5.28. The van der Waals surface area contributed by atoms with Crippen LogP contribution in [0.15, 0.2) is 18.2 Å². The largest absolute Gasteiger partial charge is 0.493 e. The zero-order valence-electron chi connectivity index (χ0n) is 13.7. The molecule has 0 saturated carbocycles. The fraction of sp³-hybridized carbons (Fsp3) is 0.562. The van der Waals surface area contributed by atoms with Crippen molar-refractivity contribution in [1.82, 2.24) is 4.90 Å². The van der Waals surface area contributed by atoms with Crippen LogP contribution >= 0.6 is 11.8 Å². The van der Waals surface area contributed by atoms with Crippen LogP contribution in [0.5, 0.6) is 11.5 Å². The average Bonchev–Trinajstić information content (AvgIpc) is 2.88. The number of amides is 1. The SMILES string of the molecule is CC[C@@H]1S[C@@H](c2ccc(OC)c(OC)c2)N(CC[NH2+]C)C1=O. The topological polar surface area (TPSA) is 55.4 Å². The lowest BCUT2D eigenvalue weighted by molar-refractivity contribution is -0.626. The Hall–Kier alpha value is -1.40. The Labute approximate surface area is 136 Å². The number of hydrogen-bond acceptors (Lipinski definition) is 4. The van der Waals surface area contributed by atoms with Gasteiger partial charge in [-0.25, -0.2) is 0 Å². The number of carbonyl (C=O) groups is 1. The van der Waals surface area contributed by atoms with Crippen LogP contribution in [-0.2, 0) is 4.79 Å². The molecule has 0 unspecified atom stereocenters. The van der Waals surface area contributed by atoms with Crippen molar-refractivity contribution in [3.63, 3.8) is 0 Å². The number of carbonyl (C=O) groups excluding carboxylic acids is 1. The summed E-state index contributed by atoms with van der Waals surface area (Å²) in [6, 6.07) is 5.90. The summed E-state index contributed by atoms with van der Waals surface area (Å²) in [5, 5.41) is 2.20. The molecule has 1 heterocycles. The highest BCUT2D eigenvalue weighted by atomic mass is 32.2. The first-order valence-electron chi connectivity index (χ1n) is 7.61. The summed E-state index contributed by atoms with van der Waals surface area (Å²) >= 11 is 1.73. The molecule has 0 bridgehead atoms. The van der Waals surface area contributed by atoms with Crippen LogP contribution in [0.1, 0.15) is 24.3 Å². The van der Waals surface area contributed by atoms with Gasteiger partial charge in [0.15, 0.2) is 11.5 Å². The fourth-order valence-corrected chi connectivity index (χ4v) is 4.03. The summed E-state index contributed by atoms with van der Waals surface area (Å²) in [5.41, 5.74) is 1.09. The van der Waals surface area contributed by atoms with E-state index in [1.165, 1.54) is 0 Å². The van der Waals surface area contributed by atoms with Gasteiger partial charge in [-0.15, -0.1) is 11.8 Å². The number of likely N-dealkylation sites (N-methyl/N-ethyl adjacent to an activating group) is 1. The monoisotopic (exact) mass is 325 g/mol. The summed E-state index contributed by atoms with van der Waals surface area (Å²) < 4.78 is 10.7. The number of ether oxygens (including phenoxy) is 2. The molecule has 1 amide bonds. The van der Waals surface area contributed by atoms with E-state index < -0.39 is 0 Å². The van der Waals surface area contributed by atoms with Gasteiger partial charge in [0.05, 0.1) is 39.6 Å². The van der Waals surface area contributed by atoms with Gasteiger partial charge in [0, 0.05) is 0 Å². The number of rotatable bonds is 7. The van der Waals surface area contributed by atoms with Crippen molar-refractivity contribution in [2.45, 2.75) is 24.0 Å². The molecule has 22 heavy (non-hydrogen) atoms. The van der Waals surface area contributed by atoms with E-state index in [9.17, 15) is 4.79 Å². The fourth-order valence-electron chi connectivity index (χ4n) is 2.62. The minimum absolute atomic E-state index is 0.0509. The molecule has 2 rings (SSSR count). The number of quaternary nitrogens is 1. The van der Waals surface area contributed by atoms with Gasteiger partial charge in [-0.2, -0.15) is 0 Å². The van der Waals surface area contributed by atoms with E-state index in [1.54, 1.807) is 26.0 Å². The molecular formula is C16H25N2O3S+. The number of hydrogen-bond donors (Lipinski definition) is 1. The predicted octanol–water partition coefficient (Wildman–Crippen LogP) is 1.25. The van der Waals surface area contributed by atoms with Crippen LogP contribution in [0.25, 0.3) is 0 Å². The molecule has 0 spiro atoms. The molecule has 2 N–H and O–H groups in total. The Morgan fingerprint density at radius 1 is 1.27 bits per heavy atom. The van der Waals surface area contributed by atoms with Crippen molar-refractivity contribution >= 4 is 17.7 Å². The zero-order valence-corrected chi connectivity index (χ0v) is 14.5. The van der Waals surface area contributed by atoms with E-state index in [-0.39, 0.29) is 16.5 Å². The Bertz CT molecular complexity index is 524. The van der Waals surface area contributed by atoms with Gasteiger partial charge in [0.1, 0.15) is 5.37 Å². The molecule has 1 aliphatic heterocycles. The molecule has 5 nitrogen and oxygen atoms in total. The predicted molar refractivity (Wildman–Crippen MR) is 88.4 cm³/mol. The first-order valence-corrected chi connectivity index (χ1v) is 8.56. The van der Waals surface area contributed by atoms with Gasteiger partial charge in [0.2, 0.25) is 5.91 Å². The minimum Gasteiger partial charge on any atom is -0.493 e.